The van der Waals surface area contributed by atoms with Crippen LogP contribution in [0.5, 0.6) is 0 Å². The van der Waals surface area contributed by atoms with E-state index in [1.54, 1.807) is 24.2 Å². The van der Waals surface area contributed by atoms with Crippen molar-refractivity contribution in [3.05, 3.63) is 46.7 Å². The maximum Gasteiger partial charge on any atom is 0.192 e. The van der Waals surface area contributed by atoms with Gasteiger partial charge in [-0.25, -0.2) is 9.97 Å². The van der Waals surface area contributed by atoms with E-state index in [1.165, 1.54) is 5.56 Å². The Morgan fingerprint density at radius 1 is 1.29 bits per heavy atom. The molecule has 88 valence electrons. The summed E-state index contributed by atoms with van der Waals surface area (Å²) < 4.78 is 1.10. The van der Waals surface area contributed by atoms with Crippen molar-refractivity contribution in [2.45, 2.75) is 16.6 Å². The summed E-state index contributed by atoms with van der Waals surface area (Å²) in [5.74, 6) is 0. The molecule has 0 amide bonds. The van der Waals surface area contributed by atoms with Gasteiger partial charge < -0.3 is 5.32 Å². The fraction of sp³-hybridized carbons (Fsp3) is 0.167. The predicted octanol–water partition coefficient (Wildman–Crippen LogP) is 3.11. The van der Waals surface area contributed by atoms with E-state index in [2.05, 4.69) is 49.4 Å². The van der Waals surface area contributed by atoms with E-state index in [-0.39, 0.29) is 0 Å². The third-order valence-electron chi connectivity index (χ3n) is 2.14. The van der Waals surface area contributed by atoms with Crippen molar-refractivity contribution in [3.63, 3.8) is 0 Å². The van der Waals surface area contributed by atoms with Crippen LogP contribution >= 0.6 is 27.7 Å². The van der Waals surface area contributed by atoms with Gasteiger partial charge in [0, 0.05) is 28.3 Å². The summed E-state index contributed by atoms with van der Waals surface area (Å²) in [4.78, 5) is 9.50. The SMILES string of the molecule is CNCc1ccc(Sc2ncccn2)cc1Br. The van der Waals surface area contributed by atoms with Gasteiger partial charge in [-0.05, 0) is 42.6 Å². The van der Waals surface area contributed by atoms with Crippen molar-refractivity contribution < 1.29 is 0 Å². The molecular formula is C12H12BrN3S. The van der Waals surface area contributed by atoms with Gasteiger partial charge in [0.15, 0.2) is 5.16 Å². The highest BCUT2D eigenvalue weighted by molar-refractivity contribution is 9.10. The van der Waals surface area contributed by atoms with Crippen molar-refractivity contribution in [1.82, 2.24) is 15.3 Å². The lowest BCUT2D eigenvalue weighted by atomic mass is 10.2. The second kappa shape index (κ2) is 6.14. The highest BCUT2D eigenvalue weighted by Crippen LogP contribution is 2.28. The van der Waals surface area contributed by atoms with Gasteiger partial charge in [-0.3, -0.25) is 0 Å². The number of aromatic nitrogens is 2. The zero-order valence-electron chi connectivity index (χ0n) is 9.35. The first-order chi connectivity index (χ1) is 8.29. The van der Waals surface area contributed by atoms with Crippen LogP contribution in [-0.4, -0.2) is 17.0 Å². The molecule has 0 atom stereocenters. The van der Waals surface area contributed by atoms with Crippen LogP contribution in [0.4, 0.5) is 0 Å². The molecule has 0 spiro atoms. The summed E-state index contributed by atoms with van der Waals surface area (Å²) in [5, 5.41) is 3.90. The molecule has 0 aliphatic carbocycles. The fourth-order valence-electron chi connectivity index (χ4n) is 1.37. The summed E-state index contributed by atoms with van der Waals surface area (Å²) in [5.41, 5.74) is 1.24. The van der Waals surface area contributed by atoms with E-state index in [1.807, 2.05) is 13.1 Å². The topological polar surface area (TPSA) is 37.8 Å². The molecule has 0 saturated carbocycles. The smallest absolute Gasteiger partial charge is 0.192 e. The number of halogens is 1. The third-order valence-corrected chi connectivity index (χ3v) is 3.76. The van der Waals surface area contributed by atoms with Crippen LogP contribution in [0, 0.1) is 0 Å². The average Bonchev–Trinajstić information content (AvgIpc) is 2.34. The number of hydrogen-bond donors (Lipinski definition) is 1. The van der Waals surface area contributed by atoms with Crippen LogP contribution in [-0.2, 0) is 6.54 Å². The molecule has 0 aliphatic heterocycles. The Kier molecular flexibility index (Phi) is 4.53. The summed E-state index contributed by atoms with van der Waals surface area (Å²) in [6.45, 7) is 0.855. The molecule has 17 heavy (non-hydrogen) atoms. The van der Waals surface area contributed by atoms with Crippen LogP contribution in [0.15, 0.2) is 51.2 Å². The number of nitrogens with zero attached hydrogens (tertiary/aromatic N) is 2. The van der Waals surface area contributed by atoms with E-state index in [9.17, 15) is 0 Å². The zero-order valence-corrected chi connectivity index (χ0v) is 11.8. The summed E-state index contributed by atoms with van der Waals surface area (Å²) in [6, 6.07) is 8.09. The molecule has 5 heteroatoms. The van der Waals surface area contributed by atoms with Crippen LogP contribution in [0.2, 0.25) is 0 Å². The van der Waals surface area contributed by atoms with E-state index < -0.39 is 0 Å². The Balaban J connectivity index is 2.15. The van der Waals surface area contributed by atoms with Crippen molar-refractivity contribution in [2.75, 3.05) is 7.05 Å². The fourth-order valence-corrected chi connectivity index (χ4v) is 2.79. The highest BCUT2D eigenvalue weighted by Gasteiger charge is 2.03. The average molecular weight is 310 g/mol. The highest BCUT2D eigenvalue weighted by atomic mass is 79.9. The Labute approximate surface area is 113 Å². The first-order valence-electron chi connectivity index (χ1n) is 5.17. The van der Waals surface area contributed by atoms with Gasteiger partial charge in [0.2, 0.25) is 0 Å². The third kappa shape index (κ3) is 3.52. The molecule has 0 bridgehead atoms. The Bertz CT molecular complexity index is 490. The van der Waals surface area contributed by atoms with Crippen molar-refractivity contribution in [1.29, 1.82) is 0 Å². The van der Waals surface area contributed by atoms with Gasteiger partial charge in [0.25, 0.3) is 0 Å². The minimum Gasteiger partial charge on any atom is -0.316 e. The minimum absolute atomic E-state index is 0.765. The van der Waals surface area contributed by atoms with Gasteiger partial charge in [0.05, 0.1) is 0 Å². The molecule has 2 aromatic rings. The van der Waals surface area contributed by atoms with Crippen molar-refractivity contribution in [3.8, 4) is 0 Å². The Hall–Kier alpha value is -0.910. The normalized spacial score (nSPS) is 10.5. The largest absolute Gasteiger partial charge is 0.316 e. The number of rotatable bonds is 4. The van der Waals surface area contributed by atoms with E-state index in [0.29, 0.717) is 0 Å². The second-order valence-electron chi connectivity index (χ2n) is 3.42. The Morgan fingerprint density at radius 2 is 2.06 bits per heavy atom. The molecule has 0 saturated heterocycles. The number of nitrogens with one attached hydrogen (secondary N) is 1. The van der Waals surface area contributed by atoms with Gasteiger partial charge in [-0.2, -0.15) is 0 Å². The van der Waals surface area contributed by atoms with E-state index in [4.69, 9.17) is 0 Å². The van der Waals surface area contributed by atoms with Crippen LogP contribution in [0.25, 0.3) is 0 Å². The predicted molar refractivity (Wildman–Crippen MR) is 73.1 cm³/mol. The standard InChI is InChI=1S/C12H12BrN3S/c1-14-8-9-3-4-10(7-11(9)13)17-12-15-5-2-6-16-12/h2-7,14H,8H2,1H3. The monoisotopic (exact) mass is 309 g/mol. The quantitative estimate of drug-likeness (QED) is 0.881. The first-order valence-corrected chi connectivity index (χ1v) is 6.78. The summed E-state index contributed by atoms with van der Waals surface area (Å²) >= 11 is 5.12. The first kappa shape index (κ1) is 12.5. The molecule has 1 aromatic carbocycles. The minimum atomic E-state index is 0.765. The van der Waals surface area contributed by atoms with Gasteiger partial charge in [-0.1, -0.05) is 22.0 Å². The van der Waals surface area contributed by atoms with Crippen LogP contribution < -0.4 is 5.32 Å². The maximum absolute atomic E-state index is 4.19. The van der Waals surface area contributed by atoms with E-state index >= 15 is 0 Å². The van der Waals surface area contributed by atoms with Gasteiger partial charge in [-0.15, -0.1) is 0 Å². The van der Waals surface area contributed by atoms with Crippen LogP contribution in [0.3, 0.4) is 0 Å². The summed E-state index contributed by atoms with van der Waals surface area (Å²) in [6.07, 6.45) is 3.50. The summed E-state index contributed by atoms with van der Waals surface area (Å²) in [7, 11) is 1.94. The molecular weight excluding hydrogens is 298 g/mol. The maximum atomic E-state index is 4.19. The van der Waals surface area contributed by atoms with Crippen LogP contribution in [0.1, 0.15) is 5.56 Å². The molecule has 1 aromatic heterocycles. The molecule has 0 fully saturated rings. The molecule has 0 unspecified atom stereocenters. The Morgan fingerprint density at radius 3 is 2.71 bits per heavy atom. The van der Waals surface area contributed by atoms with Crippen molar-refractivity contribution in [2.24, 2.45) is 0 Å². The van der Waals surface area contributed by atoms with Gasteiger partial charge in [0.1, 0.15) is 0 Å². The number of benzene rings is 1. The molecule has 3 nitrogen and oxygen atoms in total. The zero-order chi connectivity index (χ0) is 12.1. The van der Waals surface area contributed by atoms with Gasteiger partial charge >= 0.3 is 0 Å². The molecule has 2 rings (SSSR count). The van der Waals surface area contributed by atoms with Crippen molar-refractivity contribution >= 4 is 27.7 Å². The van der Waals surface area contributed by atoms with E-state index in [0.717, 1.165) is 21.1 Å². The number of hydrogen-bond acceptors (Lipinski definition) is 4. The second-order valence-corrected chi connectivity index (χ2v) is 5.31. The lowest BCUT2D eigenvalue weighted by Crippen LogP contribution is -2.05. The lowest BCUT2D eigenvalue weighted by Gasteiger charge is -2.06. The molecule has 1 N–H and O–H groups in total. The molecule has 1 heterocycles. The lowest BCUT2D eigenvalue weighted by molar-refractivity contribution is 0.813. The molecule has 0 aliphatic rings. The molecule has 0 radical (unpaired) electrons.